The zero-order valence-electron chi connectivity index (χ0n) is 15.7. The van der Waals surface area contributed by atoms with E-state index in [-0.39, 0.29) is 22.6 Å². The van der Waals surface area contributed by atoms with Gasteiger partial charge in [0, 0.05) is 36.0 Å². The first-order valence-electron chi connectivity index (χ1n) is 9.31. The molecule has 0 radical (unpaired) electrons. The van der Waals surface area contributed by atoms with Gasteiger partial charge in [-0.3, -0.25) is 9.59 Å². The molecule has 26 heavy (non-hydrogen) atoms. The lowest BCUT2D eigenvalue weighted by molar-refractivity contribution is -0.126. The summed E-state index contributed by atoms with van der Waals surface area (Å²) in [6, 6.07) is 3.79. The van der Waals surface area contributed by atoms with Crippen LogP contribution in [0.2, 0.25) is 0 Å². The molecule has 2 amide bonds. The third-order valence-corrected chi connectivity index (χ3v) is 6.03. The average Bonchev–Trinajstić information content (AvgIpc) is 3.03. The molecule has 6 nitrogen and oxygen atoms in total. The van der Waals surface area contributed by atoms with Gasteiger partial charge in [-0.25, -0.2) is 4.98 Å². The Morgan fingerprint density at radius 2 is 2.04 bits per heavy atom. The summed E-state index contributed by atoms with van der Waals surface area (Å²) in [4.78, 5) is 34.4. The summed E-state index contributed by atoms with van der Waals surface area (Å²) in [5, 5.41) is 3.11. The first kappa shape index (κ1) is 17.1. The largest absolute Gasteiger partial charge is 0.355 e. The normalized spacial score (nSPS) is 24.0. The van der Waals surface area contributed by atoms with Gasteiger partial charge in [-0.1, -0.05) is 13.8 Å². The maximum absolute atomic E-state index is 13.0. The van der Waals surface area contributed by atoms with Gasteiger partial charge in [0.15, 0.2) is 0 Å². The summed E-state index contributed by atoms with van der Waals surface area (Å²) >= 11 is 0. The van der Waals surface area contributed by atoms with Crippen LogP contribution < -0.4 is 5.32 Å². The van der Waals surface area contributed by atoms with Crippen LogP contribution in [0.1, 0.15) is 49.0 Å². The molecular formula is C20H26N4O2. The molecule has 4 rings (SSSR count). The van der Waals surface area contributed by atoms with Gasteiger partial charge >= 0.3 is 0 Å². The third-order valence-electron chi connectivity index (χ3n) is 6.03. The second-order valence-corrected chi connectivity index (χ2v) is 8.62. The van der Waals surface area contributed by atoms with Crippen molar-refractivity contribution in [2.24, 2.45) is 10.8 Å². The number of nitrogens with one attached hydrogen (secondary N) is 2. The van der Waals surface area contributed by atoms with Crippen molar-refractivity contribution in [2.45, 2.75) is 40.0 Å². The van der Waals surface area contributed by atoms with Crippen molar-refractivity contribution in [1.82, 2.24) is 20.2 Å². The molecule has 2 N–H and O–H groups in total. The van der Waals surface area contributed by atoms with Crippen LogP contribution in [0, 0.1) is 17.8 Å². The van der Waals surface area contributed by atoms with Crippen LogP contribution in [0.25, 0.3) is 11.0 Å². The van der Waals surface area contributed by atoms with E-state index in [1.807, 2.05) is 30.9 Å². The minimum Gasteiger partial charge on any atom is -0.355 e. The lowest BCUT2D eigenvalue weighted by Crippen LogP contribution is -2.41. The monoisotopic (exact) mass is 354 g/mol. The second kappa shape index (κ2) is 5.83. The molecule has 2 heterocycles. The lowest BCUT2D eigenvalue weighted by Gasteiger charge is -2.26. The maximum atomic E-state index is 13.0. The molecule has 138 valence electrons. The van der Waals surface area contributed by atoms with Crippen LogP contribution >= 0.6 is 0 Å². The number of aryl methyl sites for hydroxylation is 1. The Morgan fingerprint density at radius 1 is 1.27 bits per heavy atom. The second-order valence-electron chi connectivity index (χ2n) is 8.62. The first-order valence-corrected chi connectivity index (χ1v) is 9.31. The smallest absolute Gasteiger partial charge is 0.253 e. The highest BCUT2D eigenvalue weighted by Gasteiger charge is 2.45. The topological polar surface area (TPSA) is 78.1 Å². The maximum Gasteiger partial charge on any atom is 0.253 e. The Hall–Kier alpha value is -2.37. The van der Waals surface area contributed by atoms with E-state index in [9.17, 15) is 9.59 Å². The van der Waals surface area contributed by atoms with Crippen LogP contribution in [0.4, 0.5) is 0 Å². The number of fused-ring (bicyclic) bond motifs is 1. The lowest BCUT2D eigenvalue weighted by atomic mass is 9.89. The number of amides is 2. The van der Waals surface area contributed by atoms with E-state index in [1.165, 1.54) is 0 Å². The van der Waals surface area contributed by atoms with Gasteiger partial charge in [0.1, 0.15) is 0 Å². The van der Waals surface area contributed by atoms with Gasteiger partial charge < -0.3 is 15.2 Å². The minimum absolute atomic E-state index is 0.0498. The Bertz CT molecular complexity index is 883. The van der Waals surface area contributed by atoms with Gasteiger partial charge in [-0.05, 0) is 43.9 Å². The molecule has 1 atom stereocenters. The van der Waals surface area contributed by atoms with Crippen LogP contribution in [-0.2, 0) is 4.79 Å². The molecule has 6 heteroatoms. The highest BCUT2D eigenvalue weighted by molar-refractivity contribution is 5.98. The fourth-order valence-corrected chi connectivity index (χ4v) is 3.80. The van der Waals surface area contributed by atoms with Crippen molar-refractivity contribution in [2.75, 3.05) is 19.6 Å². The number of likely N-dealkylation sites (tertiary alicyclic amines) is 1. The van der Waals surface area contributed by atoms with Crippen molar-refractivity contribution in [3.05, 3.63) is 29.6 Å². The van der Waals surface area contributed by atoms with Gasteiger partial charge in [-0.15, -0.1) is 0 Å². The number of carbonyl (C=O) groups excluding carboxylic acids is 2. The highest BCUT2D eigenvalue weighted by atomic mass is 16.2. The van der Waals surface area contributed by atoms with Crippen molar-refractivity contribution >= 4 is 22.8 Å². The van der Waals surface area contributed by atoms with E-state index < -0.39 is 0 Å². The number of nitrogens with zero attached hydrogens (tertiary/aromatic N) is 2. The van der Waals surface area contributed by atoms with E-state index in [1.54, 1.807) is 6.33 Å². The van der Waals surface area contributed by atoms with Gasteiger partial charge in [0.2, 0.25) is 5.91 Å². The SMILES string of the molecule is Cc1cc(C(=O)N2CCC(C)(CNC(=O)C3(C)CC3)C2)cc2[nH]cnc12. The number of hydrogen-bond donors (Lipinski definition) is 2. The Balaban J connectivity index is 1.43. The Kier molecular flexibility index (Phi) is 3.82. The fraction of sp³-hybridized carbons (Fsp3) is 0.550. The molecular weight excluding hydrogens is 328 g/mol. The molecule has 2 aromatic rings. The van der Waals surface area contributed by atoms with Gasteiger partial charge in [-0.2, -0.15) is 0 Å². The summed E-state index contributed by atoms with van der Waals surface area (Å²) in [5.74, 6) is 0.206. The van der Waals surface area contributed by atoms with Gasteiger partial charge in [0.05, 0.1) is 17.4 Å². The number of imidazole rings is 1. The molecule has 2 aliphatic rings. The predicted molar refractivity (Wildman–Crippen MR) is 99.8 cm³/mol. The van der Waals surface area contributed by atoms with E-state index in [0.29, 0.717) is 18.7 Å². The highest BCUT2D eigenvalue weighted by Crippen LogP contribution is 2.45. The number of hydrogen-bond acceptors (Lipinski definition) is 3. The van der Waals surface area contributed by atoms with Crippen LogP contribution in [0.15, 0.2) is 18.5 Å². The molecule has 1 saturated heterocycles. The summed E-state index contributed by atoms with van der Waals surface area (Å²) in [7, 11) is 0. The Morgan fingerprint density at radius 3 is 2.77 bits per heavy atom. The molecule has 1 aliphatic carbocycles. The van der Waals surface area contributed by atoms with Crippen LogP contribution in [0.3, 0.4) is 0 Å². The molecule has 0 bridgehead atoms. The third kappa shape index (κ3) is 2.97. The number of carbonyl (C=O) groups is 2. The minimum atomic E-state index is -0.151. The molecule has 1 unspecified atom stereocenters. The summed E-state index contributed by atoms with van der Waals surface area (Å²) in [5.41, 5.74) is 3.27. The Labute approximate surface area is 153 Å². The number of aromatic nitrogens is 2. The zero-order valence-corrected chi connectivity index (χ0v) is 15.7. The van der Waals surface area contributed by atoms with Gasteiger partial charge in [0.25, 0.3) is 5.91 Å². The average molecular weight is 354 g/mol. The molecule has 1 aromatic heterocycles. The molecule has 0 spiro atoms. The van der Waals surface area contributed by atoms with Crippen molar-refractivity contribution < 1.29 is 9.59 Å². The van der Waals surface area contributed by atoms with Crippen molar-refractivity contribution in [3.63, 3.8) is 0 Å². The number of H-pyrrole nitrogens is 1. The van der Waals surface area contributed by atoms with Crippen molar-refractivity contribution in [1.29, 1.82) is 0 Å². The van der Waals surface area contributed by atoms with E-state index in [2.05, 4.69) is 22.2 Å². The van der Waals surface area contributed by atoms with E-state index in [0.717, 1.165) is 42.4 Å². The predicted octanol–water partition coefficient (Wildman–Crippen LogP) is 2.64. The summed E-state index contributed by atoms with van der Waals surface area (Å²) in [6.07, 6.45) is 4.52. The standard InChI is InChI=1S/C20H26N4O2/c1-13-8-14(9-15-16(13)23-12-22-15)17(25)24-7-6-19(2,11-24)10-21-18(26)20(3)4-5-20/h8-9,12H,4-7,10-11H2,1-3H3,(H,21,26)(H,22,23). The van der Waals surface area contributed by atoms with E-state index in [4.69, 9.17) is 0 Å². The summed E-state index contributed by atoms with van der Waals surface area (Å²) in [6.45, 7) is 8.17. The quantitative estimate of drug-likeness (QED) is 0.886. The number of aromatic amines is 1. The van der Waals surface area contributed by atoms with Crippen molar-refractivity contribution in [3.8, 4) is 0 Å². The first-order chi connectivity index (χ1) is 12.3. The molecule has 2 fully saturated rings. The molecule has 1 aliphatic heterocycles. The number of benzene rings is 1. The van der Waals surface area contributed by atoms with Crippen LogP contribution in [0.5, 0.6) is 0 Å². The zero-order chi connectivity index (χ0) is 18.5. The summed E-state index contributed by atoms with van der Waals surface area (Å²) < 4.78 is 0. The number of rotatable bonds is 4. The molecule has 1 saturated carbocycles. The van der Waals surface area contributed by atoms with E-state index >= 15 is 0 Å². The van der Waals surface area contributed by atoms with Crippen LogP contribution in [-0.4, -0.2) is 46.3 Å². The molecule has 1 aromatic carbocycles. The fourth-order valence-electron chi connectivity index (χ4n) is 3.80.